The molecule has 4 rings (SSSR count). The Morgan fingerprint density at radius 3 is 2.59 bits per heavy atom. The molecule has 1 unspecified atom stereocenters. The summed E-state index contributed by atoms with van der Waals surface area (Å²) in [6.07, 6.45) is 1.67. The maximum Gasteiger partial charge on any atom is 0.253 e. The Kier molecular flexibility index (Phi) is 7.20. The highest BCUT2D eigenvalue weighted by Crippen LogP contribution is 2.17. The average Bonchev–Trinajstić information content (AvgIpc) is 3.33. The zero-order valence-electron chi connectivity index (χ0n) is 17.9. The van der Waals surface area contributed by atoms with Crippen LogP contribution in [0, 0.1) is 5.82 Å². The molecule has 1 N–H and O–H groups in total. The predicted octanol–water partition coefficient (Wildman–Crippen LogP) is 2.24. The van der Waals surface area contributed by atoms with Crippen LogP contribution in [0.15, 0.2) is 53.4 Å². The van der Waals surface area contributed by atoms with Crippen molar-refractivity contribution in [3.8, 4) is 0 Å². The van der Waals surface area contributed by atoms with Crippen molar-refractivity contribution in [1.29, 1.82) is 0 Å². The standard InChI is InChI=1S/C23H28FN3O4S/c24-22-9-2-1-5-19(22)17-26-10-12-27(13-11-26)23(28)18-6-3-8-21(15-18)32(29,30)25-16-20-7-4-14-31-20/h1-3,5-6,8-9,15,20,25H,4,7,10-14,16-17H2. The molecule has 2 fully saturated rings. The molecule has 1 atom stereocenters. The number of halogens is 1. The summed E-state index contributed by atoms with van der Waals surface area (Å²) in [5.74, 6) is -0.427. The minimum atomic E-state index is -3.73. The summed E-state index contributed by atoms with van der Waals surface area (Å²) < 4.78 is 47.3. The Hall–Kier alpha value is -2.33. The Balaban J connectivity index is 1.35. The van der Waals surface area contributed by atoms with Gasteiger partial charge in [-0.1, -0.05) is 24.3 Å². The van der Waals surface area contributed by atoms with Crippen LogP contribution in [0.4, 0.5) is 4.39 Å². The van der Waals surface area contributed by atoms with Crippen molar-refractivity contribution < 1.29 is 22.3 Å². The molecule has 0 spiro atoms. The fraction of sp³-hybridized carbons (Fsp3) is 0.435. The largest absolute Gasteiger partial charge is 0.377 e. The summed E-state index contributed by atoms with van der Waals surface area (Å²) in [6, 6.07) is 12.8. The van der Waals surface area contributed by atoms with Gasteiger partial charge in [-0.3, -0.25) is 9.69 Å². The van der Waals surface area contributed by atoms with Gasteiger partial charge in [0.1, 0.15) is 5.82 Å². The van der Waals surface area contributed by atoms with Gasteiger partial charge in [0.25, 0.3) is 5.91 Å². The average molecular weight is 462 g/mol. The quantitative estimate of drug-likeness (QED) is 0.684. The number of piperazine rings is 1. The maximum absolute atomic E-state index is 13.9. The van der Waals surface area contributed by atoms with E-state index in [0.29, 0.717) is 50.5 Å². The van der Waals surface area contributed by atoms with E-state index in [0.717, 1.165) is 12.8 Å². The van der Waals surface area contributed by atoms with Gasteiger partial charge in [0, 0.05) is 57.0 Å². The number of ether oxygens (including phenoxy) is 1. The summed E-state index contributed by atoms with van der Waals surface area (Å²) in [5, 5.41) is 0. The number of sulfonamides is 1. The van der Waals surface area contributed by atoms with Crippen LogP contribution >= 0.6 is 0 Å². The molecule has 7 nitrogen and oxygen atoms in total. The van der Waals surface area contributed by atoms with Gasteiger partial charge in [0.05, 0.1) is 11.0 Å². The summed E-state index contributed by atoms with van der Waals surface area (Å²) >= 11 is 0. The van der Waals surface area contributed by atoms with Crippen LogP contribution in [-0.2, 0) is 21.3 Å². The molecular weight excluding hydrogens is 433 g/mol. The van der Waals surface area contributed by atoms with E-state index in [1.807, 2.05) is 6.07 Å². The minimum Gasteiger partial charge on any atom is -0.377 e. The number of hydrogen-bond donors (Lipinski definition) is 1. The van der Waals surface area contributed by atoms with Crippen LogP contribution in [0.25, 0.3) is 0 Å². The molecule has 2 saturated heterocycles. The second-order valence-electron chi connectivity index (χ2n) is 8.17. The first kappa shape index (κ1) is 22.8. The lowest BCUT2D eigenvalue weighted by atomic mass is 10.1. The molecule has 172 valence electrons. The zero-order chi connectivity index (χ0) is 22.6. The summed E-state index contributed by atoms with van der Waals surface area (Å²) in [4.78, 5) is 16.9. The van der Waals surface area contributed by atoms with E-state index >= 15 is 0 Å². The molecule has 0 radical (unpaired) electrons. The Bertz CT molecular complexity index is 1050. The summed E-state index contributed by atoms with van der Waals surface area (Å²) in [7, 11) is -3.73. The molecule has 2 aromatic rings. The lowest BCUT2D eigenvalue weighted by Crippen LogP contribution is -2.48. The number of carbonyl (C=O) groups is 1. The number of hydrogen-bond acceptors (Lipinski definition) is 5. The van der Waals surface area contributed by atoms with Gasteiger partial charge in [-0.15, -0.1) is 0 Å². The minimum absolute atomic E-state index is 0.0690. The Morgan fingerprint density at radius 2 is 1.88 bits per heavy atom. The molecule has 2 heterocycles. The van der Waals surface area contributed by atoms with E-state index in [4.69, 9.17) is 4.74 Å². The van der Waals surface area contributed by atoms with Crippen LogP contribution in [-0.4, -0.2) is 69.6 Å². The fourth-order valence-corrected chi connectivity index (χ4v) is 5.16. The Labute approximate surface area is 188 Å². The smallest absolute Gasteiger partial charge is 0.253 e. The van der Waals surface area contributed by atoms with Gasteiger partial charge >= 0.3 is 0 Å². The van der Waals surface area contributed by atoms with Crippen LogP contribution < -0.4 is 4.72 Å². The highest BCUT2D eigenvalue weighted by atomic mass is 32.2. The van der Waals surface area contributed by atoms with Crippen molar-refractivity contribution in [2.45, 2.75) is 30.4 Å². The fourth-order valence-electron chi connectivity index (χ4n) is 4.05. The Morgan fingerprint density at radius 1 is 1.09 bits per heavy atom. The highest BCUT2D eigenvalue weighted by molar-refractivity contribution is 7.89. The number of rotatable bonds is 7. The van der Waals surface area contributed by atoms with Crippen molar-refractivity contribution in [2.24, 2.45) is 0 Å². The van der Waals surface area contributed by atoms with Crippen molar-refractivity contribution in [3.63, 3.8) is 0 Å². The monoisotopic (exact) mass is 461 g/mol. The van der Waals surface area contributed by atoms with E-state index in [-0.39, 0.29) is 29.3 Å². The zero-order valence-corrected chi connectivity index (χ0v) is 18.7. The molecular formula is C23H28FN3O4S. The second-order valence-corrected chi connectivity index (χ2v) is 9.94. The molecule has 0 aliphatic carbocycles. The van der Waals surface area contributed by atoms with Gasteiger partial charge in [0.2, 0.25) is 10.0 Å². The topological polar surface area (TPSA) is 78.9 Å². The van der Waals surface area contributed by atoms with Gasteiger partial charge in [0.15, 0.2) is 0 Å². The number of carbonyl (C=O) groups excluding carboxylic acids is 1. The molecule has 0 saturated carbocycles. The first-order valence-corrected chi connectivity index (χ1v) is 12.4. The van der Waals surface area contributed by atoms with Gasteiger partial charge in [-0.25, -0.2) is 17.5 Å². The molecule has 2 aliphatic rings. The third kappa shape index (κ3) is 5.53. The highest BCUT2D eigenvalue weighted by Gasteiger charge is 2.25. The van der Waals surface area contributed by atoms with Crippen LogP contribution in [0.5, 0.6) is 0 Å². The van der Waals surface area contributed by atoms with Crippen LogP contribution in [0.3, 0.4) is 0 Å². The first-order valence-electron chi connectivity index (χ1n) is 10.9. The van der Waals surface area contributed by atoms with E-state index in [1.165, 1.54) is 18.2 Å². The molecule has 2 aromatic carbocycles. The molecule has 0 aromatic heterocycles. The van der Waals surface area contributed by atoms with Crippen LogP contribution in [0.2, 0.25) is 0 Å². The van der Waals surface area contributed by atoms with E-state index in [1.54, 1.807) is 29.2 Å². The third-order valence-corrected chi connectivity index (χ3v) is 7.35. The number of nitrogens with one attached hydrogen (secondary N) is 1. The predicted molar refractivity (Wildman–Crippen MR) is 118 cm³/mol. The number of benzene rings is 2. The lowest BCUT2D eigenvalue weighted by molar-refractivity contribution is 0.0626. The molecule has 9 heteroatoms. The van der Waals surface area contributed by atoms with Crippen molar-refractivity contribution >= 4 is 15.9 Å². The molecule has 0 bridgehead atoms. The van der Waals surface area contributed by atoms with E-state index in [9.17, 15) is 17.6 Å². The lowest BCUT2D eigenvalue weighted by Gasteiger charge is -2.34. The SMILES string of the molecule is O=C(c1cccc(S(=O)(=O)NCC2CCCO2)c1)N1CCN(Cc2ccccc2F)CC1. The molecule has 32 heavy (non-hydrogen) atoms. The van der Waals surface area contributed by atoms with Crippen molar-refractivity contribution in [1.82, 2.24) is 14.5 Å². The van der Waals surface area contributed by atoms with E-state index in [2.05, 4.69) is 9.62 Å². The third-order valence-electron chi connectivity index (χ3n) is 5.93. The summed E-state index contributed by atoms with van der Waals surface area (Å²) in [6.45, 7) is 3.64. The second kappa shape index (κ2) is 10.1. The van der Waals surface area contributed by atoms with Gasteiger partial charge in [-0.2, -0.15) is 0 Å². The normalized spacial score (nSPS) is 19.9. The van der Waals surface area contributed by atoms with Gasteiger partial charge in [-0.05, 0) is 37.1 Å². The van der Waals surface area contributed by atoms with Crippen molar-refractivity contribution in [3.05, 3.63) is 65.5 Å². The molecule has 2 aliphatic heterocycles. The van der Waals surface area contributed by atoms with Crippen molar-refractivity contribution in [2.75, 3.05) is 39.3 Å². The van der Waals surface area contributed by atoms with Crippen LogP contribution in [0.1, 0.15) is 28.8 Å². The first-order chi connectivity index (χ1) is 15.4. The maximum atomic E-state index is 13.9. The van der Waals surface area contributed by atoms with E-state index < -0.39 is 10.0 Å². The molecule has 1 amide bonds. The van der Waals surface area contributed by atoms with Gasteiger partial charge < -0.3 is 9.64 Å². The summed E-state index contributed by atoms with van der Waals surface area (Å²) in [5.41, 5.74) is 0.980. The number of nitrogens with zero attached hydrogens (tertiary/aromatic N) is 2. The number of amides is 1.